The van der Waals surface area contributed by atoms with E-state index in [4.69, 9.17) is 22.1 Å². The molecular weight excluding hydrogens is 601 g/mol. The van der Waals surface area contributed by atoms with Crippen LogP contribution in [0.3, 0.4) is 0 Å². The Hall–Kier alpha value is -4.82. The van der Waals surface area contributed by atoms with Crippen LogP contribution in [0.1, 0.15) is 47.8 Å². The van der Waals surface area contributed by atoms with E-state index in [9.17, 15) is 14.0 Å². The van der Waals surface area contributed by atoms with Crippen molar-refractivity contribution in [2.75, 3.05) is 0 Å². The third-order valence-electron chi connectivity index (χ3n) is 7.68. The summed E-state index contributed by atoms with van der Waals surface area (Å²) in [4.78, 5) is 27.1. The standard InChI is InChI=1S/C38H35ClFN3O3/c1-3-35(42-23-28-12-7-8-15-34(28)40)38(45)43-37(44)32-18-16-27(25-10-5-4-6-11-25)21-33(32)31-19-17-29(39)22-36(31)46-30-14-9-13-26(20-30)24(2)41/h4-22,24,35,42H,3,23,41H2,1-2H3,(H,43,44,45)/t24-,35?/m1/s1. The summed E-state index contributed by atoms with van der Waals surface area (Å²) in [5.74, 6) is -0.467. The van der Waals surface area contributed by atoms with Gasteiger partial charge in [0.15, 0.2) is 0 Å². The van der Waals surface area contributed by atoms with Crippen LogP contribution < -0.4 is 21.1 Å². The van der Waals surface area contributed by atoms with Crippen molar-refractivity contribution < 1.29 is 18.7 Å². The Morgan fingerprint density at radius 1 is 0.848 bits per heavy atom. The fourth-order valence-electron chi connectivity index (χ4n) is 5.13. The first-order valence-electron chi connectivity index (χ1n) is 15.1. The summed E-state index contributed by atoms with van der Waals surface area (Å²) in [5, 5.41) is 6.07. The zero-order valence-corrected chi connectivity index (χ0v) is 26.4. The van der Waals surface area contributed by atoms with E-state index < -0.39 is 17.9 Å². The van der Waals surface area contributed by atoms with E-state index in [-0.39, 0.29) is 24.0 Å². The summed E-state index contributed by atoms with van der Waals surface area (Å²) < 4.78 is 20.5. The molecule has 0 saturated carbocycles. The second-order valence-electron chi connectivity index (χ2n) is 11.0. The van der Waals surface area contributed by atoms with Gasteiger partial charge in [-0.05, 0) is 78.1 Å². The third kappa shape index (κ3) is 7.87. The van der Waals surface area contributed by atoms with Gasteiger partial charge in [-0.1, -0.05) is 85.3 Å². The minimum absolute atomic E-state index is 0.138. The van der Waals surface area contributed by atoms with Gasteiger partial charge in [-0.25, -0.2) is 4.39 Å². The molecule has 0 aromatic heterocycles. The highest BCUT2D eigenvalue weighted by atomic mass is 35.5. The Kier molecular flexibility index (Phi) is 10.6. The highest BCUT2D eigenvalue weighted by molar-refractivity contribution is 6.30. The molecule has 0 spiro atoms. The van der Waals surface area contributed by atoms with Crippen LogP contribution >= 0.6 is 11.6 Å². The van der Waals surface area contributed by atoms with Gasteiger partial charge in [0.1, 0.15) is 17.3 Å². The molecule has 0 bridgehead atoms. The number of imide groups is 1. The van der Waals surface area contributed by atoms with Crippen molar-refractivity contribution in [1.82, 2.24) is 10.6 Å². The zero-order valence-electron chi connectivity index (χ0n) is 25.6. The predicted octanol–water partition coefficient (Wildman–Crippen LogP) is 8.45. The normalized spacial score (nSPS) is 12.3. The number of hydrogen-bond acceptors (Lipinski definition) is 5. The molecular formula is C38H35ClFN3O3. The second kappa shape index (κ2) is 15.0. The lowest BCUT2D eigenvalue weighted by Crippen LogP contribution is -2.45. The van der Waals surface area contributed by atoms with Crippen molar-refractivity contribution >= 4 is 23.4 Å². The van der Waals surface area contributed by atoms with Crippen LogP contribution in [0.2, 0.25) is 5.02 Å². The molecule has 46 heavy (non-hydrogen) atoms. The lowest BCUT2D eigenvalue weighted by Gasteiger charge is -2.19. The number of hydrogen-bond donors (Lipinski definition) is 3. The van der Waals surface area contributed by atoms with Crippen molar-refractivity contribution in [3.63, 3.8) is 0 Å². The van der Waals surface area contributed by atoms with E-state index in [0.29, 0.717) is 39.6 Å². The van der Waals surface area contributed by atoms with Crippen molar-refractivity contribution in [3.05, 3.63) is 143 Å². The maximum Gasteiger partial charge on any atom is 0.258 e. The van der Waals surface area contributed by atoms with Crippen LogP contribution in [0.4, 0.5) is 4.39 Å². The SMILES string of the molecule is CCC(NCc1ccccc1F)C(=O)NC(=O)c1ccc(-c2ccccc2)cc1-c1ccc(Cl)cc1Oc1cccc([C@@H](C)N)c1. The van der Waals surface area contributed by atoms with Crippen LogP contribution in [0.25, 0.3) is 22.3 Å². The highest BCUT2D eigenvalue weighted by Gasteiger charge is 2.23. The van der Waals surface area contributed by atoms with Crippen molar-refractivity contribution in [1.29, 1.82) is 0 Å². The van der Waals surface area contributed by atoms with Crippen molar-refractivity contribution in [3.8, 4) is 33.8 Å². The number of halogens is 2. The molecule has 0 heterocycles. The Balaban J connectivity index is 1.50. The molecule has 2 atom stereocenters. The minimum atomic E-state index is -0.720. The van der Waals surface area contributed by atoms with Crippen molar-refractivity contribution in [2.45, 2.75) is 38.9 Å². The lowest BCUT2D eigenvalue weighted by atomic mass is 9.93. The number of amides is 2. The van der Waals surface area contributed by atoms with E-state index in [0.717, 1.165) is 16.7 Å². The number of rotatable bonds is 11. The van der Waals surface area contributed by atoms with Crippen LogP contribution in [-0.2, 0) is 11.3 Å². The number of carbonyl (C=O) groups is 2. The summed E-state index contributed by atoms with van der Waals surface area (Å²) in [6.07, 6.45) is 0.392. The van der Waals surface area contributed by atoms with Gasteiger partial charge in [0, 0.05) is 40.4 Å². The second-order valence-corrected chi connectivity index (χ2v) is 11.4. The number of carbonyl (C=O) groups excluding carboxylic acids is 2. The zero-order chi connectivity index (χ0) is 32.6. The van der Waals surface area contributed by atoms with Gasteiger partial charge in [0.25, 0.3) is 5.91 Å². The first-order valence-corrected chi connectivity index (χ1v) is 15.5. The predicted molar refractivity (Wildman–Crippen MR) is 181 cm³/mol. The highest BCUT2D eigenvalue weighted by Crippen LogP contribution is 2.39. The molecule has 0 fully saturated rings. The Bertz CT molecular complexity index is 1850. The van der Waals surface area contributed by atoms with Crippen molar-refractivity contribution in [2.24, 2.45) is 5.73 Å². The Morgan fingerprint density at radius 3 is 2.35 bits per heavy atom. The summed E-state index contributed by atoms with van der Waals surface area (Å²) in [7, 11) is 0. The molecule has 0 aliphatic rings. The molecule has 234 valence electrons. The van der Waals surface area contributed by atoms with E-state index in [1.54, 1.807) is 42.5 Å². The van der Waals surface area contributed by atoms with Gasteiger partial charge in [-0.3, -0.25) is 14.9 Å². The number of ether oxygens (including phenoxy) is 1. The van der Waals surface area contributed by atoms with Gasteiger partial charge in [-0.2, -0.15) is 0 Å². The topological polar surface area (TPSA) is 93.5 Å². The van der Waals surface area contributed by atoms with Crippen LogP contribution in [0.15, 0.2) is 115 Å². The first kappa shape index (κ1) is 32.6. The molecule has 0 saturated heterocycles. The van der Waals surface area contributed by atoms with Gasteiger partial charge in [0.05, 0.1) is 6.04 Å². The quantitative estimate of drug-likeness (QED) is 0.135. The molecule has 8 heteroatoms. The maximum absolute atomic E-state index is 14.2. The number of nitrogens with two attached hydrogens (primary N) is 1. The van der Waals surface area contributed by atoms with E-state index >= 15 is 0 Å². The molecule has 0 aliphatic heterocycles. The molecule has 0 radical (unpaired) electrons. The minimum Gasteiger partial charge on any atom is -0.457 e. The monoisotopic (exact) mass is 635 g/mol. The van der Waals surface area contributed by atoms with E-state index in [1.807, 2.05) is 80.6 Å². The van der Waals surface area contributed by atoms with Gasteiger partial charge in [0.2, 0.25) is 5.91 Å². The summed E-state index contributed by atoms with van der Waals surface area (Å²) in [5.41, 5.74) is 10.7. The fraction of sp³-hybridized carbons (Fsp3) is 0.158. The first-order chi connectivity index (χ1) is 22.2. The molecule has 1 unspecified atom stereocenters. The van der Waals surface area contributed by atoms with Crippen LogP contribution in [0.5, 0.6) is 11.5 Å². The summed E-state index contributed by atoms with van der Waals surface area (Å²) in [6.45, 7) is 3.85. The molecule has 4 N–H and O–H groups in total. The van der Waals surface area contributed by atoms with E-state index in [2.05, 4.69) is 10.6 Å². The third-order valence-corrected chi connectivity index (χ3v) is 7.91. The summed E-state index contributed by atoms with van der Waals surface area (Å²) in [6, 6.07) is 33.3. The maximum atomic E-state index is 14.2. The lowest BCUT2D eigenvalue weighted by molar-refractivity contribution is -0.122. The molecule has 5 aromatic rings. The van der Waals surface area contributed by atoms with Crippen LogP contribution in [-0.4, -0.2) is 17.9 Å². The number of benzene rings is 5. The Morgan fingerprint density at radius 2 is 1.61 bits per heavy atom. The molecule has 6 nitrogen and oxygen atoms in total. The van der Waals surface area contributed by atoms with Gasteiger partial charge in [-0.15, -0.1) is 0 Å². The largest absolute Gasteiger partial charge is 0.457 e. The van der Waals surface area contributed by atoms with Gasteiger partial charge < -0.3 is 15.8 Å². The van der Waals surface area contributed by atoms with Crippen LogP contribution in [0, 0.1) is 5.82 Å². The molecule has 5 rings (SSSR count). The number of nitrogens with one attached hydrogen (secondary N) is 2. The fourth-order valence-corrected chi connectivity index (χ4v) is 5.29. The summed E-state index contributed by atoms with van der Waals surface area (Å²) >= 11 is 6.43. The smallest absolute Gasteiger partial charge is 0.258 e. The van der Waals surface area contributed by atoms with Gasteiger partial charge >= 0.3 is 0 Å². The molecule has 5 aromatic carbocycles. The van der Waals surface area contributed by atoms with E-state index in [1.165, 1.54) is 6.07 Å². The average molecular weight is 636 g/mol. The molecule has 2 amide bonds. The molecule has 0 aliphatic carbocycles. The Labute approximate surface area is 273 Å². The average Bonchev–Trinajstić information content (AvgIpc) is 3.06.